The molecule has 3 heteroatoms. The molecule has 0 aliphatic carbocycles. The molecule has 0 fully saturated rings. The van der Waals surface area contributed by atoms with Crippen LogP contribution in [0.1, 0.15) is 6.92 Å². The quantitative estimate of drug-likeness (QED) is 0.761. The van der Waals surface area contributed by atoms with E-state index in [-0.39, 0.29) is 5.91 Å². The second kappa shape index (κ2) is 5.19. The van der Waals surface area contributed by atoms with Gasteiger partial charge in [-0.25, -0.2) is 0 Å². The molecule has 0 aliphatic heterocycles. The second-order valence-electron chi connectivity index (χ2n) is 3.86. The lowest BCUT2D eigenvalue weighted by Crippen LogP contribution is -2.30. The maximum Gasteiger partial charge on any atom is 0.223 e. The molecule has 0 aliphatic rings. The Morgan fingerprint density at radius 3 is 2.59 bits per heavy atom. The number of amides is 1. The van der Waals surface area contributed by atoms with Gasteiger partial charge in [-0.2, -0.15) is 0 Å². The van der Waals surface area contributed by atoms with Gasteiger partial charge in [-0.3, -0.25) is 4.79 Å². The fourth-order valence-corrected chi connectivity index (χ4v) is 2.14. The zero-order chi connectivity index (χ0) is 12.3. The molecule has 0 saturated heterocycles. The number of carbonyl (C=O) groups is 1. The van der Waals surface area contributed by atoms with Gasteiger partial charge in [0.05, 0.1) is 5.69 Å². The van der Waals surface area contributed by atoms with Crippen LogP contribution in [0.3, 0.4) is 0 Å². The first-order valence-electron chi connectivity index (χ1n) is 5.56. The van der Waals surface area contributed by atoms with Crippen LogP contribution in [-0.2, 0) is 4.79 Å². The number of alkyl halides is 1. The molecule has 2 nitrogen and oxygen atoms in total. The highest BCUT2D eigenvalue weighted by Gasteiger charge is 2.12. The van der Waals surface area contributed by atoms with E-state index in [0.29, 0.717) is 12.4 Å². The molecule has 0 atom stereocenters. The molecule has 0 radical (unpaired) electrons. The molecule has 17 heavy (non-hydrogen) atoms. The van der Waals surface area contributed by atoms with Gasteiger partial charge < -0.3 is 4.90 Å². The van der Waals surface area contributed by atoms with Crippen LogP contribution < -0.4 is 4.90 Å². The van der Waals surface area contributed by atoms with Crippen molar-refractivity contribution < 1.29 is 4.79 Å². The first kappa shape index (κ1) is 11.9. The van der Waals surface area contributed by atoms with E-state index in [4.69, 9.17) is 11.6 Å². The molecule has 0 heterocycles. The summed E-state index contributed by atoms with van der Waals surface area (Å²) < 4.78 is 0. The minimum absolute atomic E-state index is 0.0157. The summed E-state index contributed by atoms with van der Waals surface area (Å²) in [7, 11) is 0. The SMILES string of the molecule is CC(=O)N(CCCl)c1cccc2ccccc12. The predicted octanol–water partition coefficient (Wildman–Crippen LogP) is 3.43. The Kier molecular flexibility index (Phi) is 3.64. The van der Waals surface area contributed by atoms with Crippen LogP contribution >= 0.6 is 11.6 Å². The van der Waals surface area contributed by atoms with Gasteiger partial charge in [-0.05, 0) is 11.5 Å². The fourth-order valence-electron chi connectivity index (χ4n) is 1.98. The van der Waals surface area contributed by atoms with E-state index in [1.807, 2.05) is 42.5 Å². The highest BCUT2D eigenvalue weighted by atomic mass is 35.5. The van der Waals surface area contributed by atoms with E-state index in [1.54, 1.807) is 11.8 Å². The van der Waals surface area contributed by atoms with Gasteiger partial charge in [0.15, 0.2) is 0 Å². The number of hydrogen-bond donors (Lipinski definition) is 0. The number of fused-ring (bicyclic) bond motifs is 1. The van der Waals surface area contributed by atoms with Crippen molar-refractivity contribution in [2.24, 2.45) is 0 Å². The lowest BCUT2D eigenvalue weighted by atomic mass is 10.1. The zero-order valence-corrected chi connectivity index (χ0v) is 10.4. The molecular formula is C14H14ClNO. The number of rotatable bonds is 3. The van der Waals surface area contributed by atoms with E-state index in [0.717, 1.165) is 16.5 Å². The summed E-state index contributed by atoms with van der Waals surface area (Å²) >= 11 is 5.75. The van der Waals surface area contributed by atoms with E-state index in [9.17, 15) is 4.79 Å². The summed E-state index contributed by atoms with van der Waals surface area (Å²) in [5.74, 6) is 0.449. The topological polar surface area (TPSA) is 20.3 Å². The molecule has 2 aromatic rings. The van der Waals surface area contributed by atoms with Gasteiger partial charge in [0, 0.05) is 24.7 Å². The smallest absolute Gasteiger partial charge is 0.223 e. The molecule has 88 valence electrons. The van der Waals surface area contributed by atoms with E-state index >= 15 is 0 Å². The first-order valence-corrected chi connectivity index (χ1v) is 6.09. The first-order chi connectivity index (χ1) is 8.24. The van der Waals surface area contributed by atoms with Crippen molar-refractivity contribution in [3.05, 3.63) is 42.5 Å². The van der Waals surface area contributed by atoms with Crippen molar-refractivity contribution in [1.29, 1.82) is 0 Å². The summed E-state index contributed by atoms with van der Waals surface area (Å²) in [6, 6.07) is 14.0. The molecule has 0 aromatic heterocycles. The highest BCUT2D eigenvalue weighted by molar-refractivity contribution is 6.18. The molecule has 2 rings (SSSR count). The molecule has 0 bridgehead atoms. The molecular weight excluding hydrogens is 234 g/mol. The minimum Gasteiger partial charge on any atom is -0.311 e. The van der Waals surface area contributed by atoms with Gasteiger partial charge in [0.1, 0.15) is 0 Å². The third-order valence-electron chi connectivity index (χ3n) is 2.75. The maximum absolute atomic E-state index is 11.6. The third-order valence-corrected chi connectivity index (χ3v) is 2.91. The van der Waals surface area contributed by atoms with Gasteiger partial charge in [0.2, 0.25) is 5.91 Å². The van der Waals surface area contributed by atoms with Crippen LogP contribution in [0.5, 0.6) is 0 Å². The van der Waals surface area contributed by atoms with E-state index in [1.165, 1.54) is 0 Å². The third kappa shape index (κ3) is 2.42. The second-order valence-corrected chi connectivity index (χ2v) is 4.24. The fraction of sp³-hybridized carbons (Fsp3) is 0.214. The molecule has 0 saturated carbocycles. The minimum atomic E-state index is 0.0157. The largest absolute Gasteiger partial charge is 0.311 e. The van der Waals surface area contributed by atoms with Crippen molar-refractivity contribution in [3.63, 3.8) is 0 Å². The van der Waals surface area contributed by atoms with Gasteiger partial charge in [-0.1, -0.05) is 36.4 Å². The number of carbonyl (C=O) groups excluding carboxylic acids is 1. The Hall–Kier alpha value is -1.54. The Bertz CT molecular complexity index is 533. The molecule has 0 spiro atoms. The number of hydrogen-bond acceptors (Lipinski definition) is 1. The van der Waals surface area contributed by atoms with Gasteiger partial charge in [0.25, 0.3) is 0 Å². The Morgan fingerprint density at radius 2 is 1.88 bits per heavy atom. The van der Waals surface area contributed by atoms with Crippen molar-refractivity contribution in [2.45, 2.75) is 6.92 Å². The van der Waals surface area contributed by atoms with Crippen molar-refractivity contribution in [1.82, 2.24) is 0 Å². The van der Waals surface area contributed by atoms with Crippen LogP contribution in [0.25, 0.3) is 10.8 Å². The standard InChI is InChI=1S/C14H14ClNO/c1-11(17)16(10-9-15)14-8-4-6-12-5-2-3-7-13(12)14/h2-8H,9-10H2,1H3. The number of benzene rings is 2. The van der Waals surface area contributed by atoms with Gasteiger partial charge in [-0.15, -0.1) is 11.6 Å². The number of anilines is 1. The van der Waals surface area contributed by atoms with Crippen LogP contribution in [0.15, 0.2) is 42.5 Å². The summed E-state index contributed by atoms with van der Waals surface area (Å²) in [6.45, 7) is 2.10. The van der Waals surface area contributed by atoms with Crippen LogP contribution in [0, 0.1) is 0 Å². The average Bonchev–Trinajstić information content (AvgIpc) is 2.35. The zero-order valence-electron chi connectivity index (χ0n) is 9.69. The Balaban J connectivity index is 2.56. The van der Waals surface area contributed by atoms with Crippen LogP contribution in [0.4, 0.5) is 5.69 Å². The molecule has 0 N–H and O–H groups in total. The number of halogens is 1. The molecule has 2 aromatic carbocycles. The summed E-state index contributed by atoms with van der Waals surface area (Å²) in [5, 5.41) is 2.21. The summed E-state index contributed by atoms with van der Waals surface area (Å²) in [5.41, 5.74) is 0.927. The highest BCUT2D eigenvalue weighted by Crippen LogP contribution is 2.26. The normalized spacial score (nSPS) is 10.5. The number of nitrogens with zero attached hydrogens (tertiary/aromatic N) is 1. The lowest BCUT2D eigenvalue weighted by Gasteiger charge is -2.21. The van der Waals surface area contributed by atoms with Crippen molar-refractivity contribution in [2.75, 3.05) is 17.3 Å². The lowest BCUT2D eigenvalue weighted by molar-refractivity contribution is -0.116. The van der Waals surface area contributed by atoms with Crippen LogP contribution in [0.2, 0.25) is 0 Å². The maximum atomic E-state index is 11.6. The average molecular weight is 248 g/mol. The monoisotopic (exact) mass is 247 g/mol. The predicted molar refractivity (Wildman–Crippen MR) is 72.7 cm³/mol. The Morgan fingerprint density at radius 1 is 1.18 bits per heavy atom. The van der Waals surface area contributed by atoms with E-state index < -0.39 is 0 Å². The summed E-state index contributed by atoms with van der Waals surface area (Å²) in [4.78, 5) is 13.4. The van der Waals surface area contributed by atoms with Crippen LogP contribution in [-0.4, -0.2) is 18.3 Å². The van der Waals surface area contributed by atoms with Gasteiger partial charge >= 0.3 is 0 Å². The molecule has 0 unspecified atom stereocenters. The van der Waals surface area contributed by atoms with Crippen molar-refractivity contribution >= 4 is 34.0 Å². The van der Waals surface area contributed by atoms with E-state index in [2.05, 4.69) is 0 Å². The Labute approximate surface area is 106 Å². The molecule has 1 amide bonds. The summed E-state index contributed by atoms with van der Waals surface area (Å²) in [6.07, 6.45) is 0. The van der Waals surface area contributed by atoms with Crippen molar-refractivity contribution in [3.8, 4) is 0 Å².